The van der Waals surface area contributed by atoms with E-state index in [0.29, 0.717) is 0 Å². The van der Waals surface area contributed by atoms with Gasteiger partial charge in [-0.25, -0.2) is 0 Å². The van der Waals surface area contributed by atoms with Crippen LogP contribution < -0.4 is 4.90 Å². The highest BCUT2D eigenvalue weighted by molar-refractivity contribution is 5.99. The van der Waals surface area contributed by atoms with E-state index in [-0.39, 0.29) is 5.69 Å². The van der Waals surface area contributed by atoms with Gasteiger partial charge in [-0.15, -0.1) is 0 Å². The number of nitrogens with zero attached hydrogens (tertiary/aromatic N) is 2. The number of nitro groups is 1. The van der Waals surface area contributed by atoms with Crippen molar-refractivity contribution >= 4 is 34.3 Å². The Morgan fingerprint density at radius 2 is 1.50 bits per heavy atom. The molecule has 0 radical (unpaired) electrons. The van der Waals surface area contributed by atoms with Crippen molar-refractivity contribution in [3.05, 3.63) is 94.1 Å². The van der Waals surface area contributed by atoms with Crippen LogP contribution in [-0.2, 0) is 0 Å². The molecule has 0 saturated heterocycles. The highest BCUT2D eigenvalue weighted by atomic mass is 16.6. The minimum absolute atomic E-state index is 0.102. The highest BCUT2D eigenvalue weighted by Gasteiger charge is 2.05. The van der Waals surface area contributed by atoms with Crippen LogP contribution in [0.3, 0.4) is 0 Å². The molecule has 0 N–H and O–H groups in total. The Labute approximate surface area is 152 Å². The van der Waals surface area contributed by atoms with Crippen LogP contribution >= 0.6 is 0 Å². The highest BCUT2D eigenvalue weighted by Crippen LogP contribution is 2.29. The van der Waals surface area contributed by atoms with Gasteiger partial charge in [-0.05, 0) is 34.7 Å². The van der Waals surface area contributed by atoms with Gasteiger partial charge in [0.15, 0.2) is 0 Å². The molecule has 0 unspecified atom stereocenters. The van der Waals surface area contributed by atoms with Crippen LogP contribution in [0.4, 0.5) is 11.4 Å². The van der Waals surface area contributed by atoms with Crippen molar-refractivity contribution in [3.8, 4) is 0 Å². The Hall–Kier alpha value is -3.40. The van der Waals surface area contributed by atoms with Crippen molar-refractivity contribution in [2.45, 2.75) is 0 Å². The Bertz CT molecular complexity index is 987. The lowest BCUT2D eigenvalue weighted by atomic mass is 10.0. The normalized spacial score (nSPS) is 11.5. The summed E-state index contributed by atoms with van der Waals surface area (Å²) in [6, 6.07) is 19.1. The predicted molar refractivity (Wildman–Crippen MR) is 109 cm³/mol. The molecule has 3 aromatic carbocycles. The maximum atomic E-state index is 10.7. The van der Waals surface area contributed by atoms with Gasteiger partial charge >= 0.3 is 0 Å². The summed E-state index contributed by atoms with van der Waals surface area (Å²) in [6.07, 6.45) is 7.93. The number of benzene rings is 3. The average Bonchev–Trinajstić information content (AvgIpc) is 2.65. The SMILES string of the molecule is CN(C)c1ccc(C=CC=Cc2ccc([N+](=O)[O-])cc2)c2ccccc12. The molecule has 4 nitrogen and oxygen atoms in total. The van der Waals surface area contributed by atoms with Crippen molar-refractivity contribution in [2.75, 3.05) is 19.0 Å². The van der Waals surface area contributed by atoms with E-state index in [9.17, 15) is 10.1 Å². The molecule has 130 valence electrons. The van der Waals surface area contributed by atoms with E-state index < -0.39 is 4.92 Å². The summed E-state index contributed by atoms with van der Waals surface area (Å²) in [7, 11) is 4.09. The molecular weight excluding hydrogens is 324 g/mol. The first-order valence-corrected chi connectivity index (χ1v) is 8.34. The maximum Gasteiger partial charge on any atom is 0.269 e. The van der Waals surface area contributed by atoms with Crippen LogP contribution in [0.2, 0.25) is 0 Å². The number of fused-ring (bicyclic) bond motifs is 1. The number of hydrogen-bond donors (Lipinski definition) is 0. The third-order valence-corrected chi connectivity index (χ3v) is 4.20. The van der Waals surface area contributed by atoms with Gasteiger partial charge in [0.05, 0.1) is 4.92 Å². The third-order valence-electron chi connectivity index (χ3n) is 4.20. The zero-order chi connectivity index (χ0) is 18.5. The van der Waals surface area contributed by atoms with Gasteiger partial charge in [0.2, 0.25) is 0 Å². The Balaban J connectivity index is 1.82. The summed E-state index contributed by atoms with van der Waals surface area (Å²) >= 11 is 0. The molecular formula is C22H20N2O2. The fourth-order valence-electron chi connectivity index (χ4n) is 2.87. The van der Waals surface area contributed by atoms with E-state index in [1.165, 1.54) is 28.6 Å². The molecule has 0 atom stereocenters. The number of allylic oxidation sites excluding steroid dienone is 2. The van der Waals surface area contributed by atoms with Gasteiger partial charge in [0.1, 0.15) is 0 Å². The summed E-state index contributed by atoms with van der Waals surface area (Å²) in [4.78, 5) is 12.4. The lowest BCUT2D eigenvalue weighted by Gasteiger charge is -2.16. The van der Waals surface area contributed by atoms with Crippen LogP contribution in [0.15, 0.2) is 72.8 Å². The second kappa shape index (κ2) is 7.66. The summed E-state index contributed by atoms with van der Waals surface area (Å²) in [5, 5.41) is 13.1. The number of rotatable bonds is 5. The molecule has 3 aromatic rings. The minimum atomic E-state index is -0.393. The van der Waals surface area contributed by atoms with Crippen LogP contribution in [0.25, 0.3) is 22.9 Å². The molecule has 0 saturated carbocycles. The standard InChI is InChI=1S/C22H20N2O2/c1-23(2)22-16-13-18(20-9-5-6-10-21(20)22)8-4-3-7-17-11-14-19(15-12-17)24(25)26/h3-16H,1-2H3. The van der Waals surface area contributed by atoms with E-state index in [1.807, 2.05) is 38.4 Å². The maximum absolute atomic E-state index is 10.7. The number of anilines is 1. The van der Waals surface area contributed by atoms with Crippen molar-refractivity contribution in [2.24, 2.45) is 0 Å². The third kappa shape index (κ3) is 3.81. The van der Waals surface area contributed by atoms with E-state index in [4.69, 9.17) is 0 Å². The smallest absolute Gasteiger partial charge is 0.269 e. The lowest BCUT2D eigenvalue weighted by Crippen LogP contribution is -2.09. The summed E-state index contributed by atoms with van der Waals surface area (Å²) < 4.78 is 0. The van der Waals surface area contributed by atoms with Crippen LogP contribution in [-0.4, -0.2) is 19.0 Å². The Kier molecular flexibility index (Phi) is 5.13. The van der Waals surface area contributed by atoms with Gasteiger partial charge in [-0.2, -0.15) is 0 Å². The minimum Gasteiger partial charge on any atom is -0.377 e. The first-order chi connectivity index (χ1) is 12.6. The second-order valence-corrected chi connectivity index (χ2v) is 6.18. The van der Waals surface area contributed by atoms with E-state index in [1.54, 1.807) is 12.1 Å². The van der Waals surface area contributed by atoms with E-state index in [2.05, 4.69) is 41.3 Å². The molecule has 0 aliphatic rings. The largest absolute Gasteiger partial charge is 0.377 e. The van der Waals surface area contributed by atoms with Gasteiger partial charge in [0, 0.05) is 37.3 Å². The number of nitro benzene ring substituents is 1. The summed E-state index contributed by atoms with van der Waals surface area (Å²) in [5.74, 6) is 0. The fraction of sp³-hybridized carbons (Fsp3) is 0.0909. The van der Waals surface area contributed by atoms with Crippen LogP contribution in [0, 0.1) is 10.1 Å². The summed E-state index contributed by atoms with van der Waals surface area (Å²) in [6.45, 7) is 0. The van der Waals surface area contributed by atoms with E-state index >= 15 is 0 Å². The Morgan fingerprint density at radius 3 is 2.15 bits per heavy atom. The van der Waals surface area contributed by atoms with Gasteiger partial charge in [-0.3, -0.25) is 10.1 Å². The molecule has 0 spiro atoms. The zero-order valence-corrected chi connectivity index (χ0v) is 14.8. The molecule has 4 heteroatoms. The molecule has 3 rings (SSSR count). The average molecular weight is 344 g/mol. The van der Waals surface area contributed by atoms with Crippen molar-refractivity contribution < 1.29 is 4.92 Å². The van der Waals surface area contributed by atoms with Crippen molar-refractivity contribution in [1.82, 2.24) is 0 Å². The quantitative estimate of drug-likeness (QED) is 0.347. The van der Waals surface area contributed by atoms with Gasteiger partial charge < -0.3 is 4.90 Å². The van der Waals surface area contributed by atoms with Crippen LogP contribution in [0.5, 0.6) is 0 Å². The molecule has 0 amide bonds. The molecule has 26 heavy (non-hydrogen) atoms. The second-order valence-electron chi connectivity index (χ2n) is 6.18. The zero-order valence-electron chi connectivity index (χ0n) is 14.8. The van der Waals surface area contributed by atoms with Crippen molar-refractivity contribution in [1.29, 1.82) is 0 Å². The lowest BCUT2D eigenvalue weighted by molar-refractivity contribution is -0.384. The number of hydrogen-bond acceptors (Lipinski definition) is 3. The van der Waals surface area contributed by atoms with Crippen molar-refractivity contribution in [3.63, 3.8) is 0 Å². The molecule has 0 fully saturated rings. The van der Waals surface area contributed by atoms with Gasteiger partial charge in [0.25, 0.3) is 5.69 Å². The molecule has 0 aliphatic heterocycles. The first-order valence-electron chi connectivity index (χ1n) is 8.34. The monoisotopic (exact) mass is 344 g/mol. The fourth-order valence-corrected chi connectivity index (χ4v) is 2.87. The van der Waals surface area contributed by atoms with Gasteiger partial charge in [-0.1, -0.05) is 54.6 Å². The van der Waals surface area contributed by atoms with E-state index in [0.717, 1.165) is 11.1 Å². The Morgan fingerprint density at radius 1 is 0.846 bits per heavy atom. The molecule has 0 aliphatic carbocycles. The molecule has 0 bridgehead atoms. The molecule has 0 aromatic heterocycles. The first kappa shape index (κ1) is 17.4. The van der Waals surface area contributed by atoms with Crippen LogP contribution in [0.1, 0.15) is 11.1 Å². The topological polar surface area (TPSA) is 46.4 Å². The molecule has 0 heterocycles. The number of non-ortho nitro benzene ring substituents is 1. The summed E-state index contributed by atoms with van der Waals surface area (Å²) in [5.41, 5.74) is 3.37. The predicted octanol–water partition coefficient (Wildman–Crippen LogP) is 5.54.